The van der Waals surface area contributed by atoms with Gasteiger partial charge in [-0.15, -0.1) is 11.6 Å². The van der Waals surface area contributed by atoms with E-state index >= 15 is 0 Å². The number of rotatable bonds is 4. The molecule has 0 spiro atoms. The van der Waals surface area contributed by atoms with Gasteiger partial charge in [0, 0.05) is 29.7 Å². The van der Waals surface area contributed by atoms with Crippen LogP contribution in [0.2, 0.25) is 5.02 Å². The van der Waals surface area contributed by atoms with Crippen LogP contribution in [0.25, 0.3) is 0 Å². The van der Waals surface area contributed by atoms with Crippen LogP contribution < -0.4 is 4.90 Å². The maximum atomic E-state index is 5.97. The second kappa shape index (κ2) is 5.79. The molecule has 1 atom stereocenters. The largest absolute Gasteiger partial charge is 0.371 e. The van der Waals surface area contributed by atoms with Gasteiger partial charge in [0.2, 0.25) is 0 Å². The van der Waals surface area contributed by atoms with Gasteiger partial charge in [0.15, 0.2) is 0 Å². The second-order valence-electron chi connectivity index (χ2n) is 4.50. The average Bonchev–Trinajstić information content (AvgIpc) is 2.26. The SMILES string of the molecule is CC(C)C(C)N(C)c1ccc(Cl)cc1CCl. The third-order valence-electron chi connectivity index (χ3n) is 3.14. The Morgan fingerprint density at radius 2 is 1.88 bits per heavy atom. The highest BCUT2D eigenvalue weighted by Gasteiger charge is 2.16. The number of anilines is 1. The van der Waals surface area contributed by atoms with E-state index < -0.39 is 0 Å². The van der Waals surface area contributed by atoms with E-state index in [1.807, 2.05) is 18.2 Å². The van der Waals surface area contributed by atoms with Crippen molar-refractivity contribution in [2.24, 2.45) is 5.92 Å². The molecule has 0 aliphatic rings. The van der Waals surface area contributed by atoms with Crippen molar-refractivity contribution in [3.8, 4) is 0 Å². The summed E-state index contributed by atoms with van der Waals surface area (Å²) < 4.78 is 0. The molecule has 1 rings (SSSR count). The molecule has 1 aromatic rings. The van der Waals surface area contributed by atoms with E-state index in [9.17, 15) is 0 Å². The molecule has 0 saturated heterocycles. The molecule has 0 bridgehead atoms. The number of nitrogens with zero attached hydrogens (tertiary/aromatic N) is 1. The molecule has 16 heavy (non-hydrogen) atoms. The maximum Gasteiger partial charge on any atom is 0.0495 e. The monoisotopic (exact) mass is 259 g/mol. The number of hydrogen-bond acceptors (Lipinski definition) is 1. The molecule has 0 saturated carbocycles. The van der Waals surface area contributed by atoms with Gasteiger partial charge < -0.3 is 4.90 Å². The molecule has 1 nitrogen and oxygen atoms in total. The highest BCUT2D eigenvalue weighted by Crippen LogP contribution is 2.27. The van der Waals surface area contributed by atoms with Gasteiger partial charge in [0.25, 0.3) is 0 Å². The van der Waals surface area contributed by atoms with Gasteiger partial charge in [0.1, 0.15) is 0 Å². The summed E-state index contributed by atoms with van der Waals surface area (Å²) in [6.07, 6.45) is 0. The van der Waals surface area contributed by atoms with Gasteiger partial charge in [0.05, 0.1) is 0 Å². The summed E-state index contributed by atoms with van der Waals surface area (Å²) in [4.78, 5) is 2.26. The summed E-state index contributed by atoms with van der Waals surface area (Å²) >= 11 is 11.9. The zero-order valence-corrected chi connectivity index (χ0v) is 11.8. The number of alkyl halides is 1. The first-order valence-electron chi connectivity index (χ1n) is 5.54. The minimum Gasteiger partial charge on any atom is -0.371 e. The molecule has 1 aromatic carbocycles. The molecule has 0 aliphatic heterocycles. The lowest BCUT2D eigenvalue weighted by Crippen LogP contribution is -2.33. The van der Waals surface area contributed by atoms with Gasteiger partial charge in [-0.1, -0.05) is 25.4 Å². The highest BCUT2D eigenvalue weighted by atomic mass is 35.5. The Labute approximate surface area is 108 Å². The molecule has 3 heteroatoms. The predicted octanol–water partition coefficient (Wildman–Crippen LogP) is 4.56. The van der Waals surface area contributed by atoms with E-state index in [4.69, 9.17) is 23.2 Å². The lowest BCUT2D eigenvalue weighted by molar-refractivity contribution is 0.505. The van der Waals surface area contributed by atoms with E-state index in [-0.39, 0.29) is 0 Å². The molecule has 0 fully saturated rings. The Morgan fingerprint density at radius 3 is 2.38 bits per heavy atom. The third kappa shape index (κ3) is 3.05. The molecule has 90 valence electrons. The Hall–Kier alpha value is -0.400. The summed E-state index contributed by atoms with van der Waals surface area (Å²) in [7, 11) is 2.10. The first-order chi connectivity index (χ1) is 7.47. The van der Waals surface area contributed by atoms with Crippen LogP contribution >= 0.6 is 23.2 Å². The molecule has 0 aliphatic carbocycles. The fraction of sp³-hybridized carbons (Fsp3) is 0.538. The molecule has 0 N–H and O–H groups in total. The lowest BCUT2D eigenvalue weighted by atomic mass is 10.0. The minimum absolute atomic E-state index is 0.475. The van der Waals surface area contributed by atoms with E-state index in [0.29, 0.717) is 17.8 Å². The molecule has 1 unspecified atom stereocenters. The predicted molar refractivity (Wildman–Crippen MR) is 73.7 cm³/mol. The Kier molecular flexibility index (Phi) is 4.94. The molecular formula is C13H19Cl2N. The Bertz CT molecular complexity index is 350. The summed E-state index contributed by atoms with van der Waals surface area (Å²) in [6.45, 7) is 6.66. The van der Waals surface area contributed by atoms with Crippen LogP contribution in [0.4, 0.5) is 5.69 Å². The van der Waals surface area contributed by atoms with Crippen LogP contribution in [0.1, 0.15) is 26.3 Å². The topological polar surface area (TPSA) is 3.24 Å². The van der Waals surface area contributed by atoms with Crippen molar-refractivity contribution in [3.63, 3.8) is 0 Å². The Balaban J connectivity index is 3.03. The maximum absolute atomic E-state index is 5.97. The van der Waals surface area contributed by atoms with Crippen LogP contribution in [0.5, 0.6) is 0 Å². The fourth-order valence-electron chi connectivity index (χ4n) is 1.67. The van der Waals surface area contributed by atoms with Crippen molar-refractivity contribution in [3.05, 3.63) is 28.8 Å². The molecule has 0 heterocycles. The van der Waals surface area contributed by atoms with Crippen LogP contribution in [0.3, 0.4) is 0 Å². The normalized spacial score (nSPS) is 12.9. The first-order valence-corrected chi connectivity index (χ1v) is 6.45. The van der Waals surface area contributed by atoms with Crippen LogP contribution in [-0.4, -0.2) is 13.1 Å². The van der Waals surface area contributed by atoms with Gasteiger partial charge in [-0.05, 0) is 36.6 Å². The van der Waals surface area contributed by atoms with Gasteiger partial charge in [-0.2, -0.15) is 0 Å². The van der Waals surface area contributed by atoms with E-state index in [1.165, 1.54) is 5.69 Å². The minimum atomic E-state index is 0.475. The van der Waals surface area contributed by atoms with Crippen molar-refractivity contribution in [2.45, 2.75) is 32.7 Å². The number of benzene rings is 1. The standard InChI is InChI=1S/C13H19Cl2N/c1-9(2)10(3)16(4)13-6-5-12(15)7-11(13)8-14/h5-7,9-10H,8H2,1-4H3. The molecule has 0 radical (unpaired) electrons. The van der Waals surface area contributed by atoms with Crippen LogP contribution in [-0.2, 0) is 5.88 Å². The van der Waals surface area contributed by atoms with Crippen molar-refractivity contribution in [1.82, 2.24) is 0 Å². The van der Waals surface area contributed by atoms with Crippen molar-refractivity contribution >= 4 is 28.9 Å². The van der Waals surface area contributed by atoms with Gasteiger partial charge >= 0.3 is 0 Å². The third-order valence-corrected chi connectivity index (χ3v) is 3.66. The smallest absolute Gasteiger partial charge is 0.0495 e. The van der Waals surface area contributed by atoms with Crippen molar-refractivity contribution in [1.29, 1.82) is 0 Å². The van der Waals surface area contributed by atoms with E-state index in [1.54, 1.807) is 0 Å². The molecule has 0 aromatic heterocycles. The van der Waals surface area contributed by atoms with Crippen molar-refractivity contribution < 1.29 is 0 Å². The molecular weight excluding hydrogens is 241 g/mol. The summed E-state index contributed by atoms with van der Waals surface area (Å²) in [6, 6.07) is 6.37. The van der Waals surface area contributed by atoms with E-state index in [0.717, 1.165) is 10.6 Å². The first kappa shape index (κ1) is 13.7. The lowest BCUT2D eigenvalue weighted by Gasteiger charge is -2.31. The van der Waals surface area contributed by atoms with Crippen LogP contribution in [0, 0.1) is 5.92 Å². The summed E-state index contributed by atoms with van der Waals surface area (Å²) in [5.41, 5.74) is 2.25. The van der Waals surface area contributed by atoms with Gasteiger partial charge in [-0.3, -0.25) is 0 Å². The second-order valence-corrected chi connectivity index (χ2v) is 5.21. The van der Waals surface area contributed by atoms with E-state index in [2.05, 4.69) is 32.7 Å². The van der Waals surface area contributed by atoms with Crippen molar-refractivity contribution in [2.75, 3.05) is 11.9 Å². The Morgan fingerprint density at radius 1 is 1.25 bits per heavy atom. The highest BCUT2D eigenvalue weighted by molar-refractivity contribution is 6.30. The average molecular weight is 260 g/mol. The summed E-state index contributed by atoms with van der Waals surface area (Å²) in [5.74, 6) is 1.09. The quantitative estimate of drug-likeness (QED) is 0.717. The fourth-order valence-corrected chi connectivity index (χ4v) is 2.08. The molecule has 0 amide bonds. The summed E-state index contributed by atoms with van der Waals surface area (Å²) in [5, 5.41) is 0.741. The zero-order valence-electron chi connectivity index (χ0n) is 10.3. The number of halogens is 2. The zero-order chi connectivity index (χ0) is 12.3. The number of hydrogen-bond donors (Lipinski definition) is 0. The van der Waals surface area contributed by atoms with Crippen LogP contribution in [0.15, 0.2) is 18.2 Å². The van der Waals surface area contributed by atoms with Gasteiger partial charge in [-0.25, -0.2) is 0 Å².